The summed E-state index contributed by atoms with van der Waals surface area (Å²) in [4.78, 5) is 9.93. The summed E-state index contributed by atoms with van der Waals surface area (Å²) in [6, 6.07) is 0. The van der Waals surface area contributed by atoms with Crippen molar-refractivity contribution in [2.75, 3.05) is 0 Å². The molecule has 3 heteroatoms. The van der Waals surface area contributed by atoms with Gasteiger partial charge in [-0.05, 0) is 6.42 Å². The standard InChI is InChI=1S/C7H14O3/c1-2-3-4-5-6(8)7(9)10/h6,8H,2-5H2,1H3,(H,9,10)/p-1/t6-/m0/s1. The quantitative estimate of drug-likeness (QED) is 0.539. The Labute approximate surface area is 60.7 Å². The molecule has 1 N–H and O–H groups in total. The predicted octanol–water partition coefficient (Wildman–Crippen LogP) is -0.322. The SMILES string of the molecule is CCCCC[C@H](O)C(=O)[O-]. The van der Waals surface area contributed by atoms with Crippen molar-refractivity contribution in [1.29, 1.82) is 0 Å². The predicted molar refractivity (Wildman–Crippen MR) is 35.2 cm³/mol. The first-order chi connectivity index (χ1) is 4.68. The van der Waals surface area contributed by atoms with Gasteiger partial charge in [-0.2, -0.15) is 0 Å². The molecule has 0 saturated heterocycles. The molecular weight excluding hydrogens is 132 g/mol. The number of carboxylic acid groups (broad SMARTS) is 1. The van der Waals surface area contributed by atoms with Crippen LogP contribution in [0.15, 0.2) is 0 Å². The molecule has 0 aromatic carbocycles. The van der Waals surface area contributed by atoms with E-state index in [4.69, 9.17) is 5.11 Å². The fraction of sp³-hybridized carbons (Fsp3) is 0.857. The number of carbonyl (C=O) groups is 1. The molecule has 0 spiro atoms. The minimum Gasteiger partial charge on any atom is -0.547 e. The molecule has 0 saturated carbocycles. The van der Waals surface area contributed by atoms with Crippen molar-refractivity contribution in [2.45, 2.75) is 38.7 Å². The van der Waals surface area contributed by atoms with Gasteiger partial charge in [0.15, 0.2) is 0 Å². The highest BCUT2D eigenvalue weighted by Crippen LogP contribution is 2.01. The number of aliphatic hydroxyl groups is 1. The highest BCUT2D eigenvalue weighted by Gasteiger charge is 2.02. The lowest BCUT2D eigenvalue weighted by molar-refractivity contribution is -0.315. The van der Waals surface area contributed by atoms with E-state index in [2.05, 4.69) is 0 Å². The minimum absolute atomic E-state index is 0.316. The van der Waals surface area contributed by atoms with Crippen molar-refractivity contribution in [1.82, 2.24) is 0 Å². The fourth-order valence-corrected chi connectivity index (χ4v) is 0.706. The van der Waals surface area contributed by atoms with E-state index in [0.717, 1.165) is 19.3 Å². The Morgan fingerprint density at radius 3 is 2.60 bits per heavy atom. The Kier molecular flexibility index (Phi) is 4.94. The van der Waals surface area contributed by atoms with Crippen molar-refractivity contribution >= 4 is 5.97 Å². The minimum atomic E-state index is -1.36. The van der Waals surface area contributed by atoms with Crippen LogP contribution in [0, 0.1) is 0 Å². The van der Waals surface area contributed by atoms with Gasteiger partial charge in [-0.15, -0.1) is 0 Å². The molecule has 0 bridgehead atoms. The number of unbranched alkanes of at least 4 members (excludes halogenated alkanes) is 2. The molecule has 0 aliphatic heterocycles. The lowest BCUT2D eigenvalue weighted by Gasteiger charge is -2.09. The monoisotopic (exact) mass is 145 g/mol. The number of aliphatic hydroxyl groups excluding tert-OH is 1. The zero-order chi connectivity index (χ0) is 7.98. The van der Waals surface area contributed by atoms with Crippen molar-refractivity contribution in [3.63, 3.8) is 0 Å². The van der Waals surface area contributed by atoms with Crippen LogP contribution in [0.2, 0.25) is 0 Å². The van der Waals surface area contributed by atoms with Crippen molar-refractivity contribution < 1.29 is 15.0 Å². The first-order valence-corrected chi connectivity index (χ1v) is 3.57. The second kappa shape index (κ2) is 5.23. The van der Waals surface area contributed by atoms with E-state index >= 15 is 0 Å². The van der Waals surface area contributed by atoms with Crippen LogP contribution in [0.1, 0.15) is 32.6 Å². The Morgan fingerprint density at radius 1 is 1.60 bits per heavy atom. The Morgan fingerprint density at radius 2 is 2.20 bits per heavy atom. The molecule has 0 aromatic heterocycles. The third kappa shape index (κ3) is 4.32. The smallest absolute Gasteiger partial charge is 0.0933 e. The van der Waals surface area contributed by atoms with Crippen molar-refractivity contribution in [3.05, 3.63) is 0 Å². The van der Waals surface area contributed by atoms with Crippen LogP contribution >= 0.6 is 0 Å². The summed E-state index contributed by atoms with van der Waals surface area (Å²) in [5.74, 6) is -1.36. The second-order valence-corrected chi connectivity index (χ2v) is 2.33. The Hall–Kier alpha value is -0.570. The Balaban J connectivity index is 3.21. The van der Waals surface area contributed by atoms with Gasteiger partial charge in [-0.25, -0.2) is 0 Å². The molecule has 0 unspecified atom stereocenters. The van der Waals surface area contributed by atoms with Gasteiger partial charge in [0.25, 0.3) is 0 Å². The van der Waals surface area contributed by atoms with Crippen LogP contribution in [0.25, 0.3) is 0 Å². The number of aliphatic carboxylic acids is 1. The molecular formula is C7H13O3-. The molecule has 0 heterocycles. The summed E-state index contributed by atoms with van der Waals surface area (Å²) in [5, 5.41) is 18.6. The van der Waals surface area contributed by atoms with Gasteiger partial charge >= 0.3 is 0 Å². The molecule has 60 valence electrons. The van der Waals surface area contributed by atoms with Crippen molar-refractivity contribution in [3.8, 4) is 0 Å². The number of carboxylic acids is 1. The Bertz CT molecular complexity index is 101. The average Bonchev–Trinajstić information content (AvgIpc) is 1.88. The molecule has 1 atom stereocenters. The molecule has 0 aliphatic carbocycles. The number of rotatable bonds is 5. The number of hydrogen-bond acceptors (Lipinski definition) is 3. The summed E-state index contributed by atoms with van der Waals surface area (Å²) in [6.45, 7) is 2.02. The molecule has 3 nitrogen and oxygen atoms in total. The third-order valence-corrected chi connectivity index (χ3v) is 1.35. The zero-order valence-corrected chi connectivity index (χ0v) is 6.17. The van der Waals surface area contributed by atoms with E-state index in [9.17, 15) is 9.90 Å². The third-order valence-electron chi connectivity index (χ3n) is 1.35. The molecule has 0 rings (SSSR count). The first-order valence-electron chi connectivity index (χ1n) is 3.57. The molecule has 0 amide bonds. The van der Waals surface area contributed by atoms with E-state index < -0.39 is 12.1 Å². The van der Waals surface area contributed by atoms with E-state index in [1.165, 1.54) is 0 Å². The van der Waals surface area contributed by atoms with Gasteiger partial charge in [-0.3, -0.25) is 0 Å². The molecule has 0 aromatic rings. The van der Waals surface area contributed by atoms with Crippen LogP contribution in [0.4, 0.5) is 0 Å². The maximum atomic E-state index is 9.93. The molecule has 0 aliphatic rings. The van der Waals surface area contributed by atoms with Crippen LogP contribution in [-0.4, -0.2) is 17.2 Å². The highest BCUT2D eigenvalue weighted by atomic mass is 16.4. The summed E-state index contributed by atoms with van der Waals surface area (Å²) < 4.78 is 0. The first kappa shape index (κ1) is 9.43. The van der Waals surface area contributed by atoms with Gasteiger partial charge in [0.2, 0.25) is 0 Å². The number of carbonyl (C=O) groups excluding carboxylic acids is 1. The molecule has 10 heavy (non-hydrogen) atoms. The van der Waals surface area contributed by atoms with E-state index in [1.54, 1.807) is 0 Å². The summed E-state index contributed by atoms with van der Waals surface area (Å²) in [7, 11) is 0. The average molecular weight is 145 g/mol. The van der Waals surface area contributed by atoms with E-state index in [0.29, 0.717) is 6.42 Å². The van der Waals surface area contributed by atoms with Gasteiger partial charge in [0.05, 0.1) is 12.1 Å². The lowest BCUT2D eigenvalue weighted by atomic mass is 10.1. The molecule has 0 radical (unpaired) electrons. The van der Waals surface area contributed by atoms with Gasteiger partial charge in [0.1, 0.15) is 0 Å². The summed E-state index contributed by atoms with van der Waals surface area (Å²) in [6.07, 6.45) is 1.79. The topological polar surface area (TPSA) is 60.4 Å². The molecule has 0 fully saturated rings. The number of hydrogen-bond donors (Lipinski definition) is 1. The normalized spacial score (nSPS) is 13.0. The summed E-state index contributed by atoms with van der Waals surface area (Å²) >= 11 is 0. The maximum Gasteiger partial charge on any atom is 0.0933 e. The highest BCUT2D eigenvalue weighted by molar-refractivity contribution is 5.69. The lowest BCUT2D eigenvalue weighted by Crippen LogP contribution is -2.35. The van der Waals surface area contributed by atoms with E-state index in [-0.39, 0.29) is 0 Å². The van der Waals surface area contributed by atoms with Crippen LogP contribution in [-0.2, 0) is 4.79 Å². The second-order valence-electron chi connectivity index (χ2n) is 2.33. The van der Waals surface area contributed by atoms with Crippen LogP contribution in [0.3, 0.4) is 0 Å². The van der Waals surface area contributed by atoms with E-state index in [1.807, 2.05) is 6.92 Å². The fourth-order valence-electron chi connectivity index (χ4n) is 0.706. The van der Waals surface area contributed by atoms with Crippen LogP contribution < -0.4 is 5.11 Å². The maximum absolute atomic E-state index is 9.93. The van der Waals surface area contributed by atoms with Gasteiger partial charge in [-0.1, -0.05) is 26.2 Å². The van der Waals surface area contributed by atoms with Crippen LogP contribution in [0.5, 0.6) is 0 Å². The largest absolute Gasteiger partial charge is 0.547 e. The van der Waals surface area contributed by atoms with Gasteiger partial charge in [0, 0.05) is 0 Å². The summed E-state index contributed by atoms with van der Waals surface area (Å²) in [5.41, 5.74) is 0. The van der Waals surface area contributed by atoms with Crippen molar-refractivity contribution in [2.24, 2.45) is 0 Å². The zero-order valence-electron chi connectivity index (χ0n) is 6.17. The van der Waals surface area contributed by atoms with Gasteiger partial charge < -0.3 is 15.0 Å².